The monoisotopic (exact) mass is 435 g/mol. The van der Waals surface area contributed by atoms with E-state index in [1.54, 1.807) is 12.1 Å². The van der Waals surface area contributed by atoms with Gasteiger partial charge in [0.2, 0.25) is 0 Å². The van der Waals surface area contributed by atoms with Gasteiger partial charge in [-0.2, -0.15) is 0 Å². The molecule has 27 heavy (non-hydrogen) atoms. The molecule has 3 rings (SSSR count). The van der Waals surface area contributed by atoms with Crippen molar-refractivity contribution in [3.63, 3.8) is 0 Å². The highest BCUT2D eigenvalue weighted by Gasteiger charge is 2.42. The minimum Gasteiger partial charge on any atom is -0.486 e. The predicted molar refractivity (Wildman–Crippen MR) is 110 cm³/mol. The highest BCUT2D eigenvalue weighted by Crippen LogP contribution is 2.39. The number of rotatable bonds is 7. The molecule has 1 aliphatic rings. The van der Waals surface area contributed by atoms with Gasteiger partial charge in [0.05, 0.1) is 11.2 Å². The van der Waals surface area contributed by atoms with Crippen LogP contribution in [0.4, 0.5) is 4.39 Å². The maximum absolute atomic E-state index is 12.9. The van der Waals surface area contributed by atoms with Crippen molar-refractivity contribution in [2.75, 3.05) is 6.54 Å². The summed E-state index contributed by atoms with van der Waals surface area (Å²) in [4.78, 5) is 17.6. The zero-order chi connectivity index (χ0) is 18.0. The Morgan fingerprint density at radius 3 is 2.56 bits per heavy atom. The van der Waals surface area contributed by atoms with Crippen molar-refractivity contribution in [1.82, 2.24) is 10.3 Å². The second kappa shape index (κ2) is 9.68. The van der Waals surface area contributed by atoms with Crippen molar-refractivity contribution in [3.05, 3.63) is 45.7 Å². The second-order valence-corrected chi connectivity index (χ2v) is 7.70. The van der Waals surface area contributed by atoms with Crippen molar-refractivity contribution in [2.24, 2.45) is 11.7 Å². The second-order valence-electron chi connectivity index (χ2n) is 6.61. The highest BCUT2D eigenvalue weighted by molar-refractivity contribution is 7.13. The fourth-order valence-electron chi connectivity index (χ4n) is 2.76. The maximum atomic E-state index is 12.9. The van der Waals surface area contributed by atoms with Crippen LogP contribution in [0.5, 0.6) is 5.75 Å². The molecule has 0 aliphatic heterocycles. The predicted octanol–water partition coefficient (Wildman–Crippen LogP) is 3.87. The van der Waals surface area contributed by atoms with E-state index in [0.717, 1.165) is 12.8 Å². The van der Waals surface area contributed by atoms with Crippen LogP contribution in [-0.4, -0.2) is 23.0 Å². The third-order valence-electron chi connectivity index (χ3n) is 4.52. The van der Waals surface area contributed by atoms with E-state index < -0.39 is 0 Å². The summed E-state index contributed by atoms with van der Waals surface area (Å²) in [5, 5.41) is 3.78. The Kier molecular flexibility index (Phi) is 8.48. The van der Waals surface area contributed by atoms with Crippen molar-refractivity contribution < 1.29 is 13.9 Å². The number of aromatic nitrogens is 1. The Labute approximate surface area is 174 Å². The zero-order valence-electron chi connectivity index (χ0n) is 15.2. The number of nitrogens with one attached hydrogen (secondary N) is 1. The van der Waals surface area contributed by atoms with E-state index >= 15 is 0 Å². The van der Waals surface area contributed by atoms with Crippen LogP contribution < -0.4 is 15.8 Å². The Balaban J connectivity index is 0.00000182. The number of hydrogen-bond acceptors (Lipinski definition) is 5. The Morgan fingerprint density at radius 2 is 2.00 bits per heavy atom. The lowest BCUT2D eigenvalue weighted by Crippen LogP contribution is -2.53. The molecule has 1 heterocycles. The standard InChI is InChI=1S/C18H22FN3O2S.2ClH/c1-11-16(17(23)22-18(2,10-20)12-3-4-12)25-15(21-11)9-24-14-7-5-13(19)6-8-14;;/h5-8,12H,3-4,9-10,20H2,1-2H3,(H,22,23);2*1H. The van der Waals surface area contributed by atoms with Crippen LogP contribution in [0.15, 0.2) is 24.3 Å². The van der Waals surface area contributed by atoms with Crippen molar-refractivity contribution in [1.29, 1.82) is 0 Å². The van der Waals surface area contributed by atoms with Crippen LogP contribution in [-0.2, 0) is 6.61 Å². The summed E-state index contributed by atoms with van der Waals surface area (Å²) in [5.74, 6) is 0.568. The van der Waals surface area contributed by atoms with Gasteiger partial charge in [0, 0.05) is 6.54 Å². The number of benzene rings is 1. The number of ether oxygens (including phenoxy) is 1. The van der Waals surface area contributed by atoms with E-state index in [4.69, 9.17) is 10.5 Å². The molecule has 1 aliphatic carbocycles. The quantitative estimate of drug-likeness (QED) is 0.691. The molecular weight excluding hydrogens is 412 g/mol. The number of nitrogens with two attached hydrogens (primary N) is 1. The summed E-state index contributed by atoms with van der Waals surface area (Å²) in [6, 6.07) is 5.80. The van der Waals surface area contributed by atoms with Crippen LogP contribution in [0.2, 0.25) is 0 Å². The molecule has 150 valence electrons. The number of carbonyl (C=O) groups excluding carboxylic acids is 1. The molecule has 0 spiro atoms. The highest BCUT2D eigenvalue weighted by atomic mass is 35.5. The van der Waals surface area contributed by atoms with Gasteiger partial charge < -0.3 is 15.8 Å². The van der Waals surface area contributed by atoms with Gasteiger partial charge in [0.15, 0.2) is 0 Å². The average Bonchev–Trinajstić information content (AvgIpc) is 3.38. The van der Waals surface area contributed by atoms with E-state index in [9.17, 15) is 9.18 Å². The number of hydrogen-bond donors (Lipinski definition) is 2. The van der Waals surface area contributed by atoms with Crippen molar-refractivity contribution in [3.8, 4) is 5.75 Å². The lowest BCUT2D eigenvalue weighted by molar-refractivity contribution is 0.0901. The molecule has 0 radical (unpaired) electrons. The normalized spacial score (nSPS) is 15.1. The van der Waals surface area contributed by atoms with Crippen molar-refractivity contribution >= 4 is 42.1 Å². The molecule has 1 atom stereocenters. The molecule has 3 N–H and O–H groups in total. The minimum absolute atomic E-state index is 0. The van der Waals surface area contributed by atoms with E-state index in [1.165, 1.54) is 23.5 Å². The van der Waals surface area contributed by atoms with Gasteiger partial charge in [-0.3, -0.25) is 4.79 Å². The molecule has 1 aromatic carbocycles. The lowest BCUT2D eigenvalue weighted by atomic mass is 9.96. The minimum atomic E-state index is -0.363. The van der Waals surface area contributed by atoms with Gasteiger partial charge in [-0.1, -0.05) is 0 Å². The van der Waals surface area contributed by atoms with Gasteiger partial charge in [0.1, 0.15) is 28.1 Å². The number of halogens is 3. The number of nitrogens with zero attached hydrogens (tertiary/aromatic N) is 1. The van der Waals surface area contributed by atoms with Crippen LogP contribution >= 0.6 is 36.2 Å². The summed E-state index contributed by atoms with van der Waals surface area (Å²) in [7, 11) is 0. The lowest BCUT2D eigenvalue weighted by Gasteiger charge is -2.29. The first-order chi connectivity index (χ1) is 11.9. The van der Waals surface area contributed by atoms with Gasteiger partial charge in [-0.05, 0) is 56.9 Å². The Bertz CT molecular complexity index is 768. The smallest absolute Gasteiger partial charge is 0.263 e. The van der Waals surface area contributed by atoms with Crippen LogP contribution in [0, 0.1) is 18.7 Å². The van der Waals surface area contributed by atoms with E-state index in [0.29, 0.717) is 33.8 Å². The molecule has 1 saturated carbocycles. The molecule has 2 aromatic rings. The largest absolute Gasteiger partial charge is 0.486 e. The molecule has 0 bridgehead atoms. The van der Waals surface area contributed by atoms with Crippen LogP contribution in [0.3, 0.4) is 0 Å². The third kappa shape index (κ3) is 5.78. The fraction of sp³-hybridized carbons (Fsp3) is 0.444. The topological polar surface area (TPSA) is 77.2 Å². The SMILES string of the molecule is Cc1nc(COc2ccc(F)cc2)sc1C(=O)NC(C)(CN)C1CC1.Cl.Cl. The summed E-state index contributed by atoms with van der Waals surface area (Å²) in [6.45, 7) is 4.46. The zero-order valence-corrected chi connectivity index (χ0v) is 17.6. The first-order valence-electron chi connectivity index (χ1n) is 8.28. The van der Waals surface area contributed by atoms with E-state index in [1.807, 2.05) is 13.8 Å². The molecule has 1 unspecified atom stereocenters. The molecule has 0 saturated heterocycles. The summed E-state index contributed by atoms with van der Waals surface area (Å²) < 4.78 is 18.5. The van der Waals surface area contributed by atoms with Gasteiger partial charge in [-0.25, -0.2) is 9.37 Å². The third-order valence-corrected chi connectivity index (χ3v) is 5.65. The first-order valence-corrected chi connectivity index (χ1v) is 9.10. The molecule has 5 nitrogen and oxygen atoms in total. The summed E-state index contributed by atoms with van der Waals surface area (Å²) in [5.41, 5.74) is 6.18. The van der Waals surface area contributed by atoms with Crippen molar-refractivity contribution in [2.45, 2.75) is 38.8 Å². The summed E-state index contributed by atoms with van der Waals surface area (Å²) in [6.07, 6.45) is 2.21. The Hall–Kier alpha value is -1.41. The molecule has 1 fully saturated rings. The summed E-state index contributed by atoms with van der Waals surface area (Å²) >= 11 is 1.31. The fourth-order valence-corrected chi connectivity index (χ4v) is 3.63. The Morgan fingerprint density at radius 1 is 1.37 bits per heavy atom. The molecular formula is C18H24Cl2FN3O2S. The first kappa shape index (κ1) is 23.6. The average molecular weight is 436 g/mol. The van der Waals surface area contributed by atoms with E-state index in [-0.39, 0.29) is 48.7 Å². The number of amides is 1. The van der Waals surface area contributed by atoms with Crippen LogP contribution in [0.1, 0.15) is 40.1 Å². The number of aryl methyl sites for hydroxylation is 1. The molecule has 1 amide bonds. The maximum Gasteiger partial charge on any atom is 0.263 e. The number of carbonyl (C=O) groups is 1. The van der Waals surface area contributed by atoms with Gasteiger partial charge in [-0.15, -0.1) is 36.2 Å². The molecule has 9 heteroatoms. The van der Waals surface area contributed by atoms with Gasteiger partial charge >= 0.3 is 0 Å². The van der Waals surface area contributed by atoms with E-state index in [2.05, 4.69) is 10.3 Å². The van der Waals surface area contributed by atoms with Crippen LogP contribution in [0.25, 0.3) is 0 Å². The molecule has 1 aromatic heterocycles. The number of thiazole rings is 1. The van der Waals surface area contributed by atoms with Gasteiger partial charge in [0.25, 0.3) is 5.91 Å².